The van der Waals surface area contributed by atoms with Crippen molar-refractivity contribution in [2.45, 2.75) is 81.5 Å². The van der Waals surface area contributed by atoms with Crippen LogP contribution in [-0.2, 0) is 14.4 Å². The maximum Gasteiger partial charge on any atom is 0.308 e. The van der Waals surface area contributed by atoms with Crippen molar-refractivity contribution in [2.24, 2.45) is 17.8 Å². The largest absolute Gasteiger partial charge is 0.481 e. The molecular formula is C23H36N2O5S. The van der Waals surface area contributed by atoms with Crippen molar-refractivity contribution in [1.82, 2.24) is 9.80 Å². The number of carboxylic acids is 1. The quantitative estimate of drug-likeness (QED) is 0.549. The van der Waals surface area contributed by atoms with Gasteiger partial charge in [-0.3, -0.25) is 14.4 Å². The lowest BCUT2D eigenvalue weighted by Crippen LogP contribution is -2.60. The molecule has 3 heterocycles. The molecule has 2 amide bonds. The van der Waals surface area contributed by atoms with E-state index < -0.39 is 40.2 Å². The number of fused-ring (bicyclic) bond motifs is 1. The van der Waals surface area contributed by atoms with Gasteiger partial charge in [0.25, 0.3) is 0 Å². The van der Waals surface area contributed by atoms with Gasteiger partial charge in [0.1, 0.15) is 6.04 Å². The first-order chi connectivity index (χ1) is 14.4. The Morgan fingerprint density at radius 3 is 2.52 bits per heavy atom. The minimum atomic E-state index is -0.964. The SMILES string of the molecule is C=CCN(C(=O)C1N([C@@H](CO)CC(C)C)C(=O)[C@@H]2[C@H](C(=O)O)[C@@H]3CCC12S3)C(C)(C)C. The van der Waals surface area contributed by atoms with Crippen molar-refractivity contribution in [1.29, 1.82) is 0 Å². The Labute approximate surface area is 189 Å². The average Bonchev–Trinajstić information content (AvgIpc) is 3.30. The topological polar surface area (TPSA) is 98.2 Å². The molecule has 3 aliphatic heterocycles. The number of thioether (sulfide) groups is 1. The summed E-state index contributed by atoms with van der Waals surface area (Å²) in [6, 6.07) is -1.29. The van der Waals surface area contributed by atoms with Gasteiger partial charge in [0.15, 0.2) is 0 Å². The van der Waals surface area contributed by atoms with E-state index in [1.165, 1.54) is 11.8 Å². The number of carboxylic acid groups (broad SMARTS) is 1. The van der Waals surface area contributed by atoms with Crippen LogP contribution in [0, 0.1) is 17.8 Å². The second kappa shape index (κ2) is 8.43. The molecule has 7 nitrogen and oxygen atoms in total. The second-order valence-electron chi connectivity index (χ2n) is 10.5. The van der Waals surface area contributed by atoms with Gasteiger partial charge in [-0.25, -0.2) is 0 Å². The van der Waals surface area contributed by atoms with Crippen LogP contribution in [0.3, 0.4) is 0 Å². The second-order valence-corrected chi connectivity index (χ2v) is 12.1. The highest BCUT2D eigenvalue weighted by molar-refractivity contribution is 8.02. The summed E-state index contributed by atoms with van der Waals surface area (Å²) in [4.78, 5) is 43.3. The normalized spacial score (nSPS) is 33.0. The molecule has 0 aromatic heterocycles. The minimum absolute atomic E-state index is 0.149. The van der Waals surface area contributed by atoms with Crippen LogP contribution in [0.5, 0.6) is 0 Å². The van der Waals surface area contributed by atoms with Gasteiger partial charge in [-0.05, 0) is 46.0 Å². The van der Waals surface area contributed by atoms with Gasteiger partial charge < -0.3 is 20.0 Å². The van der Waals surface area contributed by atoms with Crippen molar-refractivity contribution >= 4 is 29.5 Å². The van der Waals surface area contributed by atoms with E-state index in [0.717, 1.165) is 0 Å². The number of aliphatic carboxylic acids is 1. The van der Waals surface area contributed by atoms with E-state index in [9.17, 15) is 24.6 Å². The molecule has 3 aliphatic rings. The number of carbonyl (C=O) groups is 3. The monoisotopic (exact) mass is 452 g/mol. The van der Waals surface area contributed by atoms with Gasteiger partial charge >= 0.3 is 5.97 Å². The fourth-order valence-corrected chi connectivity index (χ4v) is 8.03. The first kappa shape index (κ1) is 24.1. The van der Waals surface area contributed by atoms with Crippen molar-refractivity contribution < 1.29 is 24.6 Å². The predicted octanol–water partition coefficient (Wildman–Crippen LogP) is 2.38. The summed E-state index contributed by atoms with van der Waals surface area (Å²) in [5, 5.41) is 20.0. The van der Waals surface area contributed by atoms with Crippen LogP contribution < -0.4 is 0 Å². The molecule has 0 aliphatic carbocycles. The number of hydrogen-bond acceptors (Lipinski definition) is 5. The molecule has 174 valence electrons. The first-order valence-corrected chi connectivity index (χ1v) is 12.0. The molecule has 0 saturated carbocycles. The molecule has 1 spiro atoms. The van der Waals surface area contributed by atoms with E-state index in [2.05, 4.69) is 6.58 Å². The standard InChI is InChI=1S/C23H36N2O5S/c1-7-10-24(22(4,5)6)20(28)18-23-9-8-15(31-23)16(21(29)30)17(23)19(27)25(18)14(12-26)11-13(2)3/h7,13-18,26H,1,8-12H2,2-6H3,(H,29,30)/t14-,15+,16-,17+,18?,23?/m1/s1. The van der Waals surface area contributed by atoms with Gasteiger partial charge in [-0.1, -0.05) is 19.9 Å². The fraction of sp³-hybridized carbons (Fsp3) is 0.783. The Bertz CT molecular complexity index is 764. The molecule has 3 saturated heterocycles. The van der Waals surface area contributed by atoms with Crippen molar-refractivity contribution in [2.75, 3.05) is 13.2 Å². The smallest absolute Gasteiger partial charge is 0.308 e. The molecule has 3 fully saturated rings. The number of carbonyl (C=O) groups excluding carboxylic acids is 2. The number of amides is 2. The Morgan fingerprint density at radius 1 is 1.39 bits per heavy atom. The summed E-state index contributed by atoms with van der Waals surface area (Å²) in [5.41, 5.74) is -0.491. The van der Waals surface area contributed by atoms with Crippen LogP contribution >= 0.6 is 11.8 Å². The highest BCUT2D eigenvalue weighted by Crippen LogP contribution is 2.66. The van der Waals surface area contributed by atoms with E-state index in [1.807, 2.05) is 34.6 Å². The number of hydrogen-bond donors (Lipinski definition) is 2. The summed E-state index contributed by atoms with van der Waals surface area (Å²) < 4.78 is -0.753. The molecular weight excluding hydrogens is 416 g/mol. The molecule has 6 atom stereocenters. The third kappa shape index (κ3) is 3.80. The van der Waals surface area contributed by atoms with Crippen LogP contribution in [0.4, 0.5) is 0 Å². The third-order valence-electron chi connectivity index (χ3n) is 6.99. The molecule has 8 heteroatoms. The summed E-state index contributed by atoms with van der Waals surface area (Å²) in [7, 11) is 0. The molecule has 2 N–H and O–H groups in total. The Hall–Kier alpha value is -1.54. The lowest BCUT2D eigenvalue weighted by Gasteiger charge is -2.43. The van der Waals surface area contributed by atoms with Gasteiger partial charge in [0.05, 0.1) is 29.2 Å². The zero-order valence-electron chi connectivity index (χ0n) is 19.2. The van der Waals surface area contributed by atoms with Crippen molar-refractivity contribution in [3.8, 4) is 0 Å². The maximum atomic E-state index is 14.1. The van der Waals surface area contributed by atoms with Crippen molar-refractivity contribution in [3.63, 3.8) is 0 Å². The van der Waals surface area contributed by atoms with Crippen LogP contribution in [0.25, 0.3) is 0 Å². The Kier molecular flexibility index (Phi) is 6.55. The molecule has 2 bridgehead atoms. The lowest BCUT2D eigenvalue weighted by atomic mass is 9.71. The number of nitrogens with zero attached hydrogens (tertiary/aromatic N) is 2. The number of likely N-dealkylation sites (tertiary alicyclic amines) is 1. The van der Waals surface area contributed by atoms with E-state index in [0.29, 0.717) is 25.8 Å². The summed E-state index contributed by atoms with van der Waals surface area (Å²) in [6.45, 7) is 13.7. The Morgan fingerprint density at radius 2 is 2.03 bits per heavy atom. The van der Waals surface area contributed by atoms with E-state index >= 15 is 0 Å². The predicted molar refractivity (Wildman–Crippen MR) is 121 cm³/mol. The first-order valence-electron chi connectivity index (χ1n) is 11.2. The zero-order chi connectivity index (χ0) is 23.3. The third-order valence-corrected chi connectivity index (χ3v) is 8.94. The number of aliphatic hydroxyl groups is 1. The number of rotatable bonds is 8. The number of aliphatic hydroxyl groups excluding tert-OH is 1. The summed E-state index contributed by atoms with van der Waals surface area (Å²) in [6.07, 6.45) is 3.56. The van der Waals surface area contributed by atoms with Gasteiger partial charge in [-0.2, -0.15) is 0 Å². The highest BCUT2D eigenvalue weighted by Gasteiger charge is 2.74. The minimum Gasteiger partial charge on any atom is -0.481 e. The van der Waals surface area contributed by atoms with E-state index in [4.69, 9.17) is 0 Å². The Balaban J connectivity index is 2.13. The fourth-order valence-electron chi connectivity index (χ4n) is 5.84. The molecule has 31 heavy (non-hydrogen) atoms. The van der Waals surface area contributed by atoms with Gasteiger partial charge in [0, 0.05) is 17.3 Å². The molecule has 3 rings (SSSR count). The maximum absolute atomic E-state index is 14.1. The highest BCUT2D eigenvalue weighted by atomic mass is 32.2. The lowest BCUT2D eigenvalue weighted by molar-refractivity contribution is -0.150. The van der Waals surface area contributed by atoms with E-state index in [-0.39, 0.29) is 29.6 Å². The van der Waals surface area contributed by atoms with Crippen LogP contribution in [0.1, 0.15) is 53.9 Å². The molecule has 0 aromatic carbocycles. The summed E-state index contributed by atoms with van der Waals surface area (Å²) >= 11 is 1.52. The molecule has 0 radical (unpaired) electrons. The van der Waals surface area contributed by atoms with Gasteiger partial charge in [0.2, 0.25) is 11.8 Å². The van der Waals surface area contributed by atoms with Crippen LogP contribution in [0.15, 0.2) is 12.7 Å². The average molecular weight is 453 g/mol. The van der Waals surface area contributed by atoms with E-state index in [1.54, 1.807) is 15.9 Å². The molecule has 0 aromatic rings. The van der Waals surface area contributed by atoms with Crippen LogP contribution in [0.2, 0.25) is 0 Å². The van der Waals surface area contributed by atoms with Crippen molar-refractivity contribution in [3.05, 3.63) is 12.7 Å². The summed E-state index contributed by atoms with van der Waals surface area (Å²) in [5.74, 6) is -2.72. The zero-order valence-corrected chi connectivity index (χ0v) is 20.0. The van der Waals surface area contributed by atoms with Crippen LogP contribution in [-0.4, -0.2) is 78.6 Å². The van der Waals surface area contributed by atoms with Gasteiger partial charge in [-0.15, -0.1) is 18.3 Å². The molecule has 2 unspecified atom stereocenters.